The number of nitrogens with zero attached hydrogens (tertiary/aromatic N) is 1. The van der Waals surface area contributed by atoms with E-state index in [1.54, 1.807) is 6.92 Å². The summed E-state index contributed by atoms with van der Waals surface area (Å²) in [5, 5.41) is 18.3. The van der Waals surface area contributed by atoms with Crippen LogP contribution in [0.3, 0.4) is 0 Å². The van der Waals surface area contributed by atoms with Crippen LogP contribution < -0.4 is 16.0 Å². The molecule has 0 unspecified atom stereocenters. The van der Waals surface area contributed by atoms with Gasteiger partial charge in [-0.3, -0.25) is 14.5 Å². The molecule has 6 atom stereocenters. The first kappa shape index (κ1) is 40.4. The van der Waals surface area contributed by atoms with Gasteiger partial charge in [0.15, 0.2) is 6.29 Å². The molecule has 55 heavy (non-hydrogen) atoms. The summed E-state index contributed by atoms with van der Waals surface area (Å²) in [5.74, 6) is 0.201. The van der Waals surface area contributed by atoms with E-state index in [1.807, 2.05) is 93.6 Å². The summed E-state index contributed by atoms with van der Waals surface area (Å²) in [5.41, 5.74) is 5.30. The Labute approximate surface area is 325 Å². The van der Waals surface area contributed by atoms with Crippen LogP contribution in [-0.2, 0) is 37.0 Å². The van der Waals surface area contributed by atoms with Gasteiger partial charge in [0, 0.05) is 36.7 Å². The number of carbonyl (C=O) groups excluding carboxylic acids is 3. The minimum atomic E-state index is -0.635. The maximum atomic E-state index is 13.8. The Bertz CT molecular complexity index is 1740. The van der Waals surface area contributed by atoms with Gasteiger partial charge in [-0.25, -0.2) is 4.79 Å². The predicted molar refractivity (Wildman–Crippen MR) is 211 cm³/mol. The van der Waals surface area contributed by atoms with Crippen LogP contribution in [0.4, 0.5) is 4.79 Å². The largest absolute Gasteiger partial charge is 0.465 e. The molecule has 2 saturated heterocycles. The molecule has 6 rings (SSSR count). The fourth-order valence-corrected chi connectivity index (χ4v) is 8.37. The Hall–Kier alpha value is -4.29. The summed E-state index contributed by atoms with van der Waals surface area (Å²) in [7, 11) is 0. The number of hydrogen-bond donors (Lipinski definition) is 4. The fraction of sp³-hybridized carbons (Fsp3) is 0.523. The number of piperidine rings is 1. The number of rotatable bonds is 12. The molecule has 2 heterocycles. The van der Waals surface area contributed by atoms with Crippen LogP contribution in [0.1, 0.15) is 107 Å². The molecule has 3 aliphatic rings. The van der Waals surface area contributed by atoms with Crippen LogP contribution in [0.15, 0.2) is 72.8 Å². The number of likely N-dealkylation sites (tertiary alicyclic amines) is 1. The number of ether oxygens (including phenoxy) is 3. The molecule has 11 heteroatoms. The molecule has 11 nitrogen and oxygen atoms in total. The quantitative estimate of drug-likeness (QED) is 0.150. The molecule has 0 spiro atoms. The highest BCUT2D eigenvalue weighted by atomic mass is 16.7. The molecule has 3 fully saturated rings. The topological polar surface area (TPSA) is 138 Å². The minimum Gasteiger partial charge on any atom is -0.465 e. The van der Waals surface area contributed by atoms with E-state index in [-0.39, 0.29) is 56.0 Å². The minimum absolute atomic E-state index is 0.0239. The van der Waals surface area contributed by atoms with Crippen molar-refractivity contribution in [3.05, 3.63) is 95.1 Å². The summed E-state index contributed by atoms with van der Waals surface area (Å²) in [6.07, 6.45) is 6.23. The van der Waals surface area contributed by atoms with Crippen molar-refractivity contribution in [1.29, 1.82) is 0 Å². The van der Waals surface area contributed by atoms with E-state index in [9.17, 15) is 19.5 Å². The number of carbonyl (C=O) groups is 3. The van der Waals surface area contributed by atoms with Gasteiger partial charge in [0.25, 0.3) is 0 Å². The van der Waals surface area contributed by atoms with Gasteiger partial charge >= 0.3 is 12.0 Å². The van der Waals surface area contributed by atoms with Gasteiger partial charge in [-0.15, -0.1) is 0 Å². The van der Waals surface area contributed by atoms with Crippen molar-refractivity contribution >= 4 is 17.9 Å². The second-order valence-corrected chi connectivity index (χ2v) is 16.1. The summed E-state index contributed by atoms with van der Waals surface area (Å²) < 4.78 is 18.4. The number of amides is 3. The summed E-state index contributed by atoms with van der Waals surface area (Å²) in [4.78, 5) is 40.3. The number of hydrogen-bond acceptors (Lipinski definition) is 8. The summed E-state index contributed by atoms with van der Waals surface area (Å²) in [6, 6.07) is 23.6. The lowest BCUT2D eigenvalue weighted by Crippen LogP contribution is -2.61. The Morgan fingerprint density at radius 2 is 1.60 bits per heavy atom. The number of aliphatic hydroxyl groups is 1. The maximum Gasteiger partial charge on any atom is 0.325 e. The van der Waals surface area contributed by atoms with Gasteiger partial charge < -0.3 is 35.3 Å². The molecule has 0 aromatic heterocycles. The normalized spacial score (nSPS) is 24.3. The van der Waals surface area contributed by atoms with Crippen LogP contribution in [0, 0.1) is 5.92 Å². The zero-order chi connectivity index (χ0) is 39.0. The molecule has 0 radical (unpaired) electrons. The molecule has 3 amide bonds. The van der Waals surface area contributed by atoms with E-state index in [0.717, 1.165) is 52.6 Å². The number of urea groups is 1. The van der Waals surface area contributed by atoms with Crippen molar-refractivity contribution in [2.24, 2.45) is 5.92 Å². The third-order valence-corrected chi connectivity index (χ3v) is 11.0. The molecule has 0 bridgehead atoms. The first-order valence-electron chi connectivity index (χ1n) is 19.9. The predicted octanol–water partition coefficient (Wildman–Crippen LogP) is 6.69. The molecule has 4 N–H and O–H groups in total. The molecule has 1 saturated carbocycles. The fourth-order valence-electron chi connectivity index (χ4n) is 8.37. The number of benzene rings is 3. The van der Waals surface area contributed by atoms with Crippen molar-refractivity contribution in [2.75, 3.05) is 19.7 Å². The number of esters is 1. The molecule has 3 aromatic rings. The zero-order valence-corrected chi connectivity index (χ0v) is 32.7. The molecule has 2 aliphatic heterocycles. The number of aliphatic hydroxyl groups excluding tert-OH is 1. The van der Waals surface area contributed by atoms with Crippen LogP contribution >= 0.6 is 0 Å². The third-order valence-electron chi connectivity index (χ3n) is 11.0. The monoisotopic (exact) mass is 754 g/mol. The second-order valence-electron chi connectivity index (χ2n) is 16.1. The van der Waals surface area contributed by atoms with Gasteiger partial charge in [0.1, 0.15) is 6.54 Å². The molecular weight excluding hydrogens is 697 g/mol. The van der Waals surface area contributed by atoms with Crippen molar-refractivity contribution in [3.63, 3.8) is 0 Å². The second kappa shape index (κ2) is 18.6. The van der Waals surface area contributed by atoms with E-state index in [2.05, 4.69) is 20.9 Å². The van der Waals surface area contributed by atoms with Gasteiger partial charge in [-0.05, 0) is 87.1 Å². The molecule has 296 valence electrons. The SMILES string of the molecule is CCOC(=O)CNC(=O)NCc1ccccc1-c1ccc([C@@H]2O[C@H](CN3[C@@H](C(=O)NC(C)(C)C)CC[C@H]4CCCC[C@H]43)C[C@H](c3ccc(CO)cc3)O2)cc1. The van der Waals surface area contributed by atoms with Crippen molar-refractivity contribution in [1.82, 2.24) is 20.9 Å². The standard InChI is InChI=1S/C44H58N4O7/c1-5-53-40(50)26-46-43(52)45-25-34-11-6-8-12-36(34)30-18-20-33(21-19-30)42-54-35(24-39(55-42)32-16-14-29(28-49)15-17-32)27-48-37-13-9-7-10-31(37)22-23-38(48)41(51)47-44(2,3)4/h6,8,11-12,14-21,31,35,37-39,42,49H,5,7,9-10,13,22-28H2,1-4H3,(H,47,51)(H2,45,46,52)/t31-,35+,37-,38-,39-,42-/m1/s1. The van der Waals surface area contributed by atoms with Gasteiger partial charge in [0.2, 0.25) is 5.91 Å². The number of nitrogens with one attached hydrogen (secondary N) is 3. The van der Waals surface area contributed by atoms with Crippen LogP contribution in [0.25, 0.3) is 11.1 Å². The van der Waals surface area contributed by atoms with Crippen LogP contribution in [-0.4, -0.2) is 71.3 Å². The van der Waals surface area contributed by atoms with Crippen molar-refractivity contribution in [3.8, 4) is 11.1 Å². The first-order valence-corrected chi connectivity index (χ1v) is 19.9. The molecular formula is C44H58N4O7. The number of fused-ring (bicyclic) bond motifs is 1. The molecule has 1 aliphatic carbocycles. The van der Waals surface area contributed by atoms with E-state index in [4.69, 9.17) is 14.2 Å². The van der Waals surface area contributed by atoms with Crippen molar-refractivity contribution in [2.45, 2.75) is 122 Å². The van der Waals surface area contributed by atoms with E-state index >= 15 is 0 Å². The Kier molecular flexibility index (Phi) is 13.6. The lowest BCUT2D eigenvalue weighted by molar-refractivity contribution is -0.255. The Morgan fingerprint density at radius 3 is 2.33 bits per heavy atom. The van der Waals surface area contributed by atoms with Gasteiger partial charge in [0.05, 0.1) is 31.5 Å². The maximum absolute atomic E-state index is 13.8. The van der Waals surface area contributed by atoms with Crippen LogP contribution in [0.5, 0.6) is 0 Å². The highest BCUT2D eigenvalue weighted by Gasteiger charge is 2.44. The lowest BCUT2D eigenvalue weighted by atomic mass is 9.75. The molecule has 3 aromatic carbocycles. The van der Waals surface area contributed by atoms with Crippen molar-refractivity contribution < 1.29 is 33.7 Å². The van der Waals surface area contributed by atoms with Gasteiger partial charge in [-0.1, -0.05) is 85.6 Å². The zero-order valence-electron chi connectivity index (χ0n) is 32.7. The van der Waals surface area contributed by atoms with E-state index in [0.29, 0.717) is 24.9 Å². The average molecular weight is 755 g/mol. The lowest BCUT2D eigenvalue weighted by Gasteiger charge is -2.50. The van der Waals surface area contributed by atoms with E-state index in [1.165, 1.54) is 19.3 Å². The van der Waals surface area contributed by atoms with Crippen LogP contribution in [0.2, 0.25) is 0 Å². The Morgan fingerprint density at radius 1 is 0.873 bits per heavy atom. The van der Waals surface area contributed by atoms with Gasteiger partial charge in [-0.2, -0.15) is 0 Å². The Balaban J connectivity index is 1.21. The smallest absolute Gasteiger partial charge is 0.325 e. The third kappa shape index (κ3) is 10.7. The highest BCUT2D eigenvalue weighted by molar-refractivity contribution is 5.82. The van der Waals surface area contributed by atoms with E-state index < -0.39 is 18.3 Å². The highest BCUT2D eigenvalue weighted by Crippen LogP contribution is 2.42. The summed E-state index contributed by atoms with van der Waals surface area (Å²) >= 11 is 0. The first-order chi connectivity index (χ1) is 26.5. The average Bonchev–Trinajstić information content (AvgIpc) is 3.19. The summed E-state index contributed by atoms with van der Waals surface area (Å²) in [6.45, 7) is 8.78.